The fourth-order valence-electron chi connectivity index (χ4n) is 1.71. The predicted molar refractivity (Wildman–Crippen MR) is 88.0 cm³/mol. The molecule has 24 heavy (non-hydrogen) atoms. The monoisotopic (exact) mass is 365 g/mol. The maximum absolute atomic E-state index is 12.3. The third kappa shape index (κ3) is 7.56. The molecule has 9 heteroatoms. The van der Waals surface area contributed by atoms with Gasteiger partial charge in [0.1, 0.15) is 5.75 Å². The minimum atomic E-state index is -2.94. The van der Waals surface area contributed by atoms with E-state index in [0.29, 0.717) is 5.56 Å². The number of benzene rings is 1. The van der Waals surface area contributed by atoms with E-state index in [0.717, 1.165) is 0 Å². The molecular weight excluding hydrogens is 344 g/mol. The van der Waals surface area contributed by atoms with Crippen LogP contribution in [0, 0.1) is 5.92 Å². The number of alkyl halides is 2. The van der Waals surface area contributed by atoms with Gasteiger partial charge in [-0.25, -0.2) is 0 Å². The zero-order valence-electron chi connectivity index (χ0n) is 13.4. The molecule has 0 fully saturated rings. The van der Waals surface area contributed by atoms with Gasteiger partial charge in [-0.05, 0) is 12.0 Å². The molecule has 0 unspecified atom stereocenters. The summed E-state index contributed by atoms with van der Waals surface area (Å²) in [5.41, 5.74) is 6.05. The Labute approximate surface area is 145 Å². The van der Waals surface area contributed by atoms with Gasteiger partial charge in [-0.3, -0.25) is 9.59 Å². The van der Waals surface area contributed by atoms with Crippen LogP contribution >= 0.6 is 12.4 Å². The summed E-state index contributed by atoms with van der Waals surface area (Å²) in [7, 11) is 0. The van der Waals surface area contributed by atoms with E-state index in [1.54, 1.807) is 32.0 Å². The highest BCUT2D eigenvalue weighted by atomic mass is 35.5. The molecule has 0 aliphatic carbocycles. The summed E-state index contributed by atoms with van der Waals surface area (Å²) in [6.45, 7) is 0.420. The lowest BCUT2D eigenvalue weighted by Crippen LogP contribution is -2.47. The third-order valence-corrected chi connectivity index (χ3v) is 3.11. The molecule has 0 spiro atoms. The van der Waals surface area contributed by atoms with E-state index in [1.807, 2.05) is 0 Å². The highest BCUT2D eigenvalue weighted by Crippen LogP contribution is 2.19. The first-order valence-corrected chi connectivity index (χ1v) is 7.14. The average molecular weight is 366 g/mol. The van der Waals surface area contributed by atoms with E-state index < -0.39 is 24.5 Å². The number of carbonyl (C=O) groups is 2. The molecule has 0 bridgehead atoms. The Hall–Kier alpha value is -1.93. The number of rotatable bonds is 8. The number of hydrogen-bond donors (Lipinski definition) is 3. The quantitative estimate of drug-likeness (QED) is 0.649. The molecule has 0 aromatic heterocycles. The van der Waals surface area contributed by atoms with Gasteiger partial charge in [0, 0.05) is 12.1 Å². The fourth-order valence-corrected chi connectivity index (χ4v) is 1.71. The number of carbonyl (C=O) groups excluding carboxylic acids is 2. The number of amides is 2. The zero-order chi connectivity index (χ0) is 17.4. The van der Waals surface area contributed by atoms with Crippen LogP contribution in [0.15, 0.2) is 24.3 Å². The number of halogens is 3. The van der Waals surface area contributed by atoms with Gasteiger partial charge in [0.25, 0.3) is 0 Å². The highest BCUT2D eigenvalue weighted by molar-refractivity contribution is 5.87. The second-order valence-corrected chi connectivity index (χ2v) is 5.25. The lowest BCUT2D eigenvalue weighted by molar-refractivity contribution is -0.127. The largest absolute Gasteiger partial charge is 0.434 e. The number of ether oxygens (including phenoxy) is 1. The number of nitrogens with one attached hydrogen (secondary N) is 2. The van der Waals surface area contributed by atoms with Gasteiger partial charge in [0.2, 0.25) is 11.8 Å². The average Bonchev–Trinajstić information content (AvgIpc) is 2.50. The molecule has 0 radical (unpaired) electrons. The first kappa shape index (κ1) is 22.1. The molecule has 0 heterocycles. The van der Waals surface area contributed by atoms with E-state index in [1.165, 1.54) is 6.07 Å². The van der Waals surface area contributed by atoms with Crippen molar-refractivity contribution in [2.24, 2.45) is 11.7 Å². The van der Waals surface area contributed by atoms with Gasteiger partial charge >= 0.3 is 6.61 Å². The first-order chi connectivity index (χ1) is 10.8. The lowest BCUT2D eigenvalue weighted by atomic mass is 10.1. The molecule has 0 aliphatic heterocycles. The molecule has 136 valence electrons. The summed E-state index contributed by atoms with van der Waals surface area (Å²) in [4.78, 5) is 23.3. The van der Waals surface area contributed by atoms with E-state index in [-0.39, 0.29) is 37.2 Å². The van der Waals surface area contributed by atoms with Crippen LogP contribution in [0.4, 0.5) is 8.78 Å². The minimum Gasteiger partial charge on any atom is -0.434 e. The second kappa shape index (κ2) is 10.8. The Morgan fingerprint density at radius 2 is 1.83 bits per heavy atom. The molecule has 0 aliphatic rings. The standard InChI is InChI=1S/C15H21F2N3O3.ClH/c1-9(2)13(18)14(22)20-8-12(21)19-7-10-5-3-4-6-11(10)23-15(16)17;/h3-6,9,13,15H,7-8,18H2,1-2H3,(H,19,21)(H,20,22);1H/t13-;/m0./s1. The Balaban J connectivity index is 0.00000529. The fraction of sp³-hybridized carbons (Fsp3) is 0.467. The van der Waals surface area contributed by atoms with Crippen molar-refractivity contribution in [3.63, 3.8) is 0 Å². The van der Waals surface area contributed by atoms with Gasteiger partial charge in [0.05, 0.1) is 12.6 Å². The van der Waals surface area contributed by atoms with Crippen LogP contribution in [0.25, 0.3) is 0 Å². The summed E-state index contributed by atoms with van der Waals surface area (Å²) in [6.07, 6.45) is 0. The Bertz CT molecular complexity index is 544. The number of nitrogens with two attached hydrogens (primary N) is 1. The van der Waals surface area contributed by atoms with Crippen LogP contribution < -0.4 is 21.1 Å². The SMILES string of the molecule is CC(C)[C@H](N)C(=O)NCC(=O)NCc1ccccc1OC(F)F.Cl. The summed E-state index contributed by atoms with van der Waals surface area (Å²) >= 11 is 0. The molecule has 1 aromatic rings. The van der Waals surface area contributed by atoms with E-state index in [4.69, 9.17) is 5.73 Å². The van der Waals surface area contributed by atoms with Crippen molar-refractivity contribution in [3.8, 4) is 5.75 Å². The topological polar surface area (TPSA) is 93.5 Å². The molecule has 1 atom stereocenters. The Morgan fingerprint density at radius 3 is 2.42 bits per heavy atom. The van der Waals surface area contributed by atoms with Crippen molar-refractivity contribution in [2.75, 3.05) is 6.54 Å². The lowest BCUT2D eigenvalue weighted by Gasteiger charge is -2.15. The van der Waals surface area contributed by atoms with Crippen LogP contribution in [0.3, 0.4) is 0 Å². The summed E-state index contributed by atoms with van der Waals surface area (Å²) in [6, 6.07) is 5.45. The normalized spacial score (nSPS) is 11.6. The van der Waals surface area contributed by atoms with E-state index in [9.17, 15) is 18.4 Å². The third-order valence-electron chi connectivity index (χ3n) is 3.11. The number of hydrogen-bond acceptors (Lipinski definition) is 4. The molecule has 1 rings (SSSR count). The Kier molecular flexibility index (Phi) is 9.91. The molecule has 2 amide bonds. The molecule has 0 saturated heterocycles. The van der Waals surface area contributed by atoms with Gasteiger partial charge < -0.3 is 21.1 Å². The van der Waals surface area contributed by atoms with Gasteiger partial charge in [-0.2, -0.15) is 8.78 Å². The van der Waals surface area contributed by atoms with Crippen LogP contribution in [0.2, 0.25) is 0 Å². The van der Waals surface area contributed by atoms with E-state index in [2.05, 4.69) is 15.4 Å². The van der Waals surface area contributed by atoms with Crippen LogP contribution in [-0.4, -0.2) is 31.0 Å². The van der Waals surface area contributed by atoms with E-state index >= 15 is 0 Å². The van der Waals surface area contributed by atoms with Crippen LogP contribution in [-0.2, 0) is 16.1 Å². The smallest absolute Gasteiger partial charge is 0.387 e. The van der Waals surface area contributed by atoms with Crippen molar-refractivity contribution in [2.45, 2.75) is 33.0 Å². The van der Waals surface area contributed by atoms with Crippen LogP contribution in [0.1, 0.15) is 19.4 Å². The maximum atomic E-state index is 12.3. The summed E-state index contributed by atoms with van der Waals surface area (Å²) in [5.74, 6) is -0.928. The van der Waals surface area contributed by atoms with Crippen molar-refractivity contribution in [1.82, 2.24) is 10.6 Å². The molecule has 6 nitrogen and oxygen atoms in total. The first-order valence-electron chi connectivity index (χ1n) is 7.14. The van der Waals surface area contributed by atoms with Crippen molar-refractivity contribution in [1.29, 1.82) is 0 Å². The van der Waals surface area contributed by atoms with Gasteiger partial charge in [0.15, 0.2) is 0 Å². The van der Waals surface area contributed by atoms with Gasteiger partial charge in [-0.15, -0.1) is 12.4 Å². The zero-order valence-corrected chi connectivity index (χ0v) is 14.2. The minimum absolute atomic E-state index is 0. The maximum Gasteiger partial charge on any atom is 0.387 e. The Morgan fingerprint density at radius 1 is 1.21 bits per heavy atom. The van der Waals surface area contributed by atoms with Crippen LogP contribution in [0.5, 0.6) is 5.75 Å². The van der Waals surface area contributed by atoms with Crippen molar-refractivity contribution >= 4 is 24.2 Å². The summed E-state index contributed by atoms with van der Waals surface area (Å²) < 4.78 is 28.9. The predicted octanol–water partition coefficient (Wildman–Crippen LogP) is 1.43. The van der Waals surface area contributed by atoms with Crippen molar-refractivity contribution in [3.05, 3.63) is 29.8 Å². The molecule has 1 aromatic carbocycles. The van der Waals surface area contributed by atoms with Gasteiger partial charge in [-0.1, -0.05) is 32.0 Å². The molecule has 4 N–H and O–H groups in total. The number of para-hydroxylation sites is 1. The van der Waals surface area contributed by atoms with Crippen molar-refractivity contribution < 1.29 is 23.1 Å². The molecular formula is C15H22ClF2N3O3. The molecule has 0 saturated carbocycles. The highest BCUT2D eigenvalue weighted by Gasteiger charge is 2.17. The summed E-state index contributed by atoms with van der Waals surface area (Å²) in [5, 5.41) is 4.94. The second-order valence-electron chi connectivity index (χ2n) is 5.25.